The van der Waals surface area contributed by atoms with Crippen LogP contribution in [0.25, 0.3) is 0 Å². The van der Waals surface area contributed by atoms with Gasteiger partial charge in [-0.05, 0) is 29.7 Å². The maximum absolute atomic E-state index is 10.7. The molecule has 0 saturated carbocycles. The van der Waals surface area contributed by atoms with Crippen LogP contribution in [0.15, 0.2) is 48.5 Å². The van der Waals surface area contributed by atoms with Gasteiger partial charge in [0.05, 0.1) is 0 Å². The molecule has 1 amide bonds. The summed E-state index contributed by atoms with van der Waals surface area (Å²) >= 11 is 0. The monoisotopic (exact) mass is 342 g/mol. The third-order valence-corrected chi connectivity index (χ3v) is 4.21. The summed E-state index contributed by atoms with van der Waals surface area (Å²) in [6.07, 6.45) is -0.740. The molecule has 1 aliphatic rings. The molecule has 2 aromatic rings. The van der Waals surface area contributed by atoms with E-state index < -0.39 is 12.2 Å². The van der Waals surface area contributed by atoms with Gasteiger partial charge in [0.15, 0.2) is 0 Å². The zero-order valence-electron chi connectivity index (χ0n) is 13.9. The van der Waals surface area contributed by atoms with Crippen LogP contribution in [0.2, 0.25) is 0 Å². The second-order valence-corrected chi connectivity index (χ2v) is 6.18. The minimum Gasteiger partial charge on any atom is -0.491 e. The number of β-amino-alcohol motifs (C(OH)–C–C–N with tert-alkyl or cyclic N) is 1. The van der Waals surface area contributed by atoms with Gasteiger partial charge in [0, 0.05) is 31.4 Å². The van der Waals surface area contributed by atoms with Crippen LogP contribution >= 0.6 is 0 Å². The minimum atomic E-state index is -1.12. The third-order valence-electron chi connectivity index (χ3n) is 4.21. The predicted molar refractivity (Wildman–Crippen MR) is 95.0 cm³/mol. The number of aliphatic hydroxyl groups is 1. The van der Waals surface area contributed by atoms with E-state index >= 15 is 0 Å². The zero-order chi connectivity index (χ0) is 17.6. The Morgan fingerprint density at radius 3 is 2.80 bits per heavy atom. The smallest absolute Gasteiger partial charge is 0.409 e. The first-order valence-electron chi connectivity index (χ1n) is 8.30. The molecule has 25 heavy (non-hydrogen) atoms. The van der Waals surface area contributed by atoms with Gasteiger partial charge in [-0.2, -0.15) is 0 Å². The molecule has 1 heterocycles. The number of carboxylic acid groups (broad SMARTS) is 1. The van der Waals surface area contributed by atoms with E-state index in [2.05, 4.69) is 28.4 Å². The van der Waals surface area contributed by atoms with Gasteiger partial charge in [0.2, 0.25) is 0 Å². The van der Waals surface area contributed by atoms with Crippen LogP contribution in [-0.4, -0.2) is 47.0 Å². The lowest BCUT2D eigenvalue weighted by Gasteiger charge is -2.30. The molecule has 1 unspecified atom stereocenters. The Morgan fingerprint density at radius 1 is 1.20 bits per heavy atom. The van der Waals surface area contributed by atoms with Gasteiger partial charge in [-0.3, -0.25) is 10.2 Å². The fourth-order valence-electron chi connectivity index (χ4n) is 3.04. The summed E-state index contributed by atoms with van der Waals surface area (Å²) < 4.78 is 5.59. The Hall–Kier alpha value is -2.57. The van der Waals surface area contributed by atoms with Crippen molar-refractivity contribution in [3.63, 3.8) is 0 Å². The number of hydrogen-bond acceptors (Lipinski definition) is 4. The van der Waals surface area contributed by atoms with Crippen molar-refractivity contribution in [1.29, 1.82) is 0 Å². The Balaban J connectivity index is 1.49. The molecule has 0 fully saturated rings. The molecule has 1 atom stereocenters. The standard InChI is InChI=1S/C19H22N2O4/c22-17(12-21-9-8-14-4-1-2-5-15(14)11-21)13-25-18-7-3-6-16(10-18)20-19(23)24/h1-7,10,17,20,22H,8-9,11-13H2,(H,23,24). The van der Waals surface area contributed by atoms with Crippen LogP contribution in [-0.2, 0) is 13.0 Å². The van der Waals surface area contributed by atoms with Crippen molar-refractivity contribution in [2.45, 2.75) is 19.1 Å². The molecular formula is C19H22N2O4. The summed E-state index contributed by atoms with van der Waals surface area (Å²) in [4.78, 5) is 12.9. The number of ether oxygens (including phenoxy) is 1. The lowest BCUT2D eigenvalue weighted by Crippen LogP contribution is -2.38. The average molecular weight is 342 g/mol. The van der Waals surface area contributed by atoms with Gasteiger partial charge in [-0.1, -0.05) is 30.3 Å². The van der Waals surface area contributed by atoms with Crippen LogP contribution in [0.1, 0.15) is 11.1 Å². The second-order valence-electron chi connectivity index (χ2n) is 6.18. The Labute approximate surface area is 146 Å². The summed E-state index contributed by atoms with van der Waals surface area (Å²) in [5.41, 5.74) is 3.13. The van der Waals surface area contributed by atoms with E-state index in [1.54, 1.807) is 24.3 Å². The van der Waals surface area contributed by atoms with Crippen molar-refractivity contribution in [3.8, 4) is 5.75 Å². The molecule has 0 radical (unpaired) electrons. The Bertz CT molecular complexity index is 735. The van der Waals surface area contributed by atoms with Crippen molar-refractivity contribution >= 4 is 11.8 Å². The van der Waals surface area contributed by atoms with Gasteiger partial charge in [-0.15, -0.1) is 0 Å². The molecule has 132 valence electrons. The van der Waals surface area contributed by atoms with Gasteiger partial charge in [0.25, 0.3) is 0 Å². The highest BCUT2D eigenvalue weighted by Crippen LogP contribution is 2.20. The molecule has 3 rings (SSSR count). The predicted octanol–water partition coefficient (Wildman–Crippen LogP) is 2.57. The number of benzene rings is 2. The summed E-state index contributed by atoms with van der Waals surface area (Å²) in [5.74, 6) is 0.522. The van der Waals surface area contributed by atoms with Crippen LogP contribution in [0.3, 0.4) is 0 Å². The molecule has 1 aliphatic heterocycles. The summed E-state index contributed by atoms with van der Waals surface area (Å²) in [5, 5.41) is 21.3. The molecule has 0 aromatic heterocycles. The molecule has 6 nitrogen and oxygen atoms in total. The molecular weight excluding hydrogens is 320 g/mol. The first-order chi connectivity index (χ1) is 12.1. The topological polar surface area (TPSA) is 82.0 Å². The van der Waals surface area contributed by atoms with Gasteiger partial charge >= 0.3 is 6.09 Å². The zero-order valence-corrected chi connectivity index (χ0v) is 13.9. The van der Waals surface area contributed by atoms with Crippen molar-refractivity contribution < 1.29 is 19.7 Å². The molecule has 2 aromatic carbocycles. The van der Waals surface area contributed by atoms with E-state index in [0.29, 0.717) is 18.0 Å². The Kier molecular flexibility index (Phi) is 5.53. The molecule has 6 heteroatoms. The van der Waals surface area contributed by atoms with E-state index in [0.717, 1.165) is 19.5 Å². The molecule has 3 N–H and O–H groups in total. The normalized spacial score (nSPS) is 15.2. The Morgan fingerprint density at radius 2 is 2.00 bits per heavy atom. The minimum absolute atomic E-state index is 0.161. The average Bonchev–Trinajstić information content (AvgIpc) is 2.60. The number of aliphatic hydroxyl groups excluding tert-OH is 1. The number of amides is 1. The van der Waals surface area contributed by atoms with Gasteiger partial charge in [0.1, 0.15) is 18.5 Å². The van der Waals surface area contributed by atoms with E-state index in [9.17, 15) is 9.90 Å². The highest BCUT2D eigenvalue weighted by molar-refractivity contribution is 5.83. The van der Waals surface area contributed by atoms with Crippen molar-refractivity contribution in [1.82, 2.24) is 4.90 Å². The molecule has 0 spiro atoms. The van der Waals surface area contributed by atoms with Gasteiger partial charge < -0.3 is 14.9 Å². The van der Waals surface area contributed by atoms with Crippen molar-refractivity contribution in [3.05, 3.63) is 59.7 Å². The van der Waals surface area contributed by atoms with Crippen LogP contribution in [0.4, 0.5) is 10.5 Å². The largest absolute Gasteiger partial charge is 0.491 e. The van der Waals surface area contributed by atoms with Crippen LogP contribution in [0, 0.1) is 0 Å². The fourth-order valence-corrected chi connectivity index (χ4v) is 3.04. The van der Waals surface area contributed by atoms with E-state index in [1.807, 2.05) is 6.07 Å². The van der Waals surface area contributed by atoms with Crippen molar-refractivity contribution in [2.24, 2.45) is 0 Å². The quantitative estimate of drug-likeness (QED) is 0.752. The first-order valence-corrected chi connectivity index (χ1v) is 8.30. The third kappa shape index (κ3) is 4.95. The first kappa shape index (κ1) is 17.3. The molecule has 0 bridgehead atoms. The summed E-state index contributed by atoms with van der Waals surface area (Å²) in [6, 6.07) is 15.1. The number of hydrogen-bond donors (Lipinski definition) is 3. The maximum Gasteiger partial charge on any atom is 0.409 e. The van der Waals surface area contributed by atoms with Crippen LogP contribution < -0.4 is 10.1 Å². The maximum atomic E-state index is 10.7. The fraction of sp³-hybridized carbons (Fsp3) is 0.316. The summed E-state index contributed by atoms with van der Waals surface area (Å²) in [7, 11) is 0. The number of rotatable bonds is 6. The molecule has 0 saturated heterocycles. The number of anilines is 1. The van der Waals surface area contributed by atoms with Crippen LogP contribution in [0.5, 0.6) is 5.75 Å². The number of nitrogens with zero attached hydrogens (tertiary/aromatic N) is 1. The lowest BCUT2D eigenvalue weighted by molar-refractivity contribution is 0.0638. The number of nitrogens with one attached hydrogen (secondary N) is 1. The summed E-state index contributed by atoms with van der Waals surface area (Å²) in [6.45, 7) is 2.47. The van der Waals surface area contributed by atoms with E-state index in [1.165, 1.54) is 11.1 Å². The highest BCUT2D eigenvalue weighted by Gasteiger charge is 2.18. The number of fused-ring (bicyclic) bond motifs is 1. The highest BCUT2D eigenvalue weighted by atomic mass is 16.5. The van der Waals surface area contributed by atoms with E-state index in [4.69, 9.17) is 9.84 Å². The molecule has 0 aliphatic carbocycles. The van der Waals surface area contributed by atoms with Crippen molar-refractivity contribution in [2.75, 3.05) is 25.0 Å². The van der Waals surface area contributed by atoms with Gasteiger partial charge in [-0.25, -0.2) is 4.79 Å². The number of carbonyl (C=O) groups is 1. The SMILES string of the molecule is O=C(O)Nc1cccc(OCC(O)CN2CCc3ccccc3C2)c1. The second kappa shape index (κ2) is 8.00. The van der Waals surface area contributed by atoms with E-state index in [-0.39, 0.29) is 6.61 Å². The lowest BCUT2D eigenvalue weighted by atomic mass is 10.00.